The molecule has 1 aromatic carbocycles. The molecule has 1 saturated heterocycles. The summed E-state index contributed by atoms with van der Waals surface area (Å²) >= 11 is 6.04. The first-order valence-electron chi connectivity index (χ1n) is 10.2. The molecule has 0 radical (unpaired) electrons. The van der Waals surface area contributed by atoms with Crippen LogP contribution in [0.3, 0.4) is 0 Å². The number of carbonyl (C=O) groups excluding carboxylic acids is 2. The minimum absolute atomic E-state index is 0.0112. The van der Waals surface area contributed by atoms with Gasteiger partial charge in [-0.3, -0.25) is 14.6 Å². The standard InChI is InChI=1S/C22H25ClN4O3/c1-13-10-14(4-6-16(13)22(30)27-8-2-3-9-27)21(29)26-19(12-28)20-24-17-7-5-15(23)11-18(17)25-20/h4-7,10-11,17-19,28H,2-3,8-9,12H2,1H3,(H,24,25)(H,26,29). The normalized spacial score (nSPS) is 23.4. The number of carbonyl (C=O) groups is 2. The highest BCUT2D eigenvalue weighted by atomic mass is 35.5. The predicted octanol–water partition coefficient (Wildman–Crippen LogP) is 1.75. The molecule has 0 spiro atoms. The van der Waals surface area contributed by atoms with E-state index in [0.29, 0.717) is 22.0 Å². The van der Waals surface area contributed by atoms with Crippen molar-refractivity contribution in [3.8, 4) is 0 Å². The van der Waals surface area contributed by atoms with Crippen molar-refractivity contribution in [1.29, 1.82) is 0 Å². The van der Waals surface area contributed by atoms with Gasteiger partial charge in [0.05, 0.1) is 18.7 Å². The Balaban J connectivity index is 1.44. The summed E-state index contributed by atoms with van der Waals surface area (Å²) in [6.07, 6.45) is 7.61. The minimum Gasteiger partial charge on any atom is -0.394 e. The van der Waals surface area contributed by atoms with Gasteiger partial charge in [0.25, 0.3) is 11.8 Å². The van der Waals surface area contributed by atoms with Gasteiger partial charge in [-0.05, 0) is 55.7 Å². The SMILES string of the molecule is Cc1cc(C(=O)NC(CO)C2=NC3C=CC(Cl)=CC3N2)ccc1C(=O)N1CCCC1. The molecule has 2 amide bonds. The lowest BCUT2D eigenvalue weighted by molar-refractivity contribution is 0.0791. The molecule has 158 valence electrons. The molecule has 0 aromatic heterocycles. The van der Waals surface area contributed by atoms with E-state index in [1.807, 2.05) is 24.0 Å². The van der Waals surface area contributed by atoms with Crippen LogP contribution in [0.4, 0.5) is 0 Å². The first-order chi connectivity index (χ1) is 14.5. The fourth-order valence-corrected chi connectivity index (χ4v) is 4.23. The number of aryl methyl sites for hydroxylation is 1. The van der Waals surface area contributed by atoms with Crippen LogP contribution in [0, 0.1) is 6.92 Å². The highest BCUT2D eigenvalue weighted by Crippen LogP contribution is 2.21. The maximum absolute atomic E-state index is 12.8. The van der Waals surface area contributed by atoms with Crippen molar-refractivity contribution in [1.82, 2.24) is 15.5 Å². The summed E-state index contributed by atoms with van der Waals surface area (Å²) in [5.74, 6) is 0.198. The zero-order valence-corrected chi connectivity index (χ0v) is 17.5. The van der Waals surface area contributed by atoms with Crippen LogP contribution in [-0.4, -0.2) is 65.5 Å². The lowest BCUT2D eigenvalue weighted by Gasteiger charge is -2.20. The van der Waals surface area contributed by atoms with Crippen molar-refractivity contribution in [3.63, 3.8) is 0 Å². The van der Waals surface area contributed by atoms with Crippen LogP contribution >= 0.6 is 11.6 Å². The Labute approximate surface area is 180 Å². The third-order valence-corrected chi connectivity index (χ3v) is 5.94. The largest absolute Gasteiger partial charge is 0.394 e. The number of fused-ring (bicyclic) bond motifs is 1. The topological polar surface area (TPSA) is 94.0 Å². The molecule has 1 aliphatic carbocycles. The van der Waals surface area contributed by atoms with Crippen LogP contribution in [0.5, 0.6) is 0 Å². The van der Waals surface area contributed by atoms with Gasteiger partial charge in [-0.2, -0.15) is 0 Å². The van der Waals surface area contributed by atoms with Crippen molar-refractivity contribution in [2.45, 2.75) is 37.9 Å². The molecule has 30 heavy (non-hydrogen) atoms. The number of aliphatic hydroxyl groups is 1. The van der Waals surface area contributed by atoms with Crippen molar-refractivity contribution in [2.75, 3.05) is 19.7 Å². The zero-order chi connectivity index (χ0) is 21.3. The van der Waals surface area contributed by atoms with Crippen LogP contribution in [0.25, 0.3) is 0 Å². The molecule has 0 saturated carbocycles. The van der Waals surface area contributed by atoms with E-state index >= 15 is 0 Å². The first kappa shape index (κ1) is 20.6. The number of hydrogen-bond donors (Lipinski definition) is 3. The van der Waals surface area contributed by atoms with E-state index in [1.54, 1.807) is 24.3 Å². The molecule has 1 aromatic rings. The van der Waals surface area contributed by atoms with Crippen LogP contribution in [-0.2, 0) is 0 Å². The van der Waals surface area contributed by atoms with Gasteiger partial charge in [0.15, 0.2) is 0 Å². The van der Waals surface area contributed by atoms with Gasteiger partial charge in [-0.1, -0.05) is 17.7 Å². The Morgan fingerprint density at radius 3 is 2.83 bits per heavy atom. The van der Waals surface area contributed by atoms with Gasteiger partial charge < -0.3 is 20.6 Å². The van der Waals surface area contributed by atoms with E-state index in [0.717, 1.165) is 31.5 Å². The van der Waals surface area contributed by atoms with Gasteiger partial charge >= 0.3 is 0 Å². The summed E-state index contributed by atoms with van der Waals surface area (Å²) in [6, 6.07) is 4.22. The molecular weight excluding hydrogens is 404 g/mol. The molecule has 2 heterocycles. The summed E-state index contributed by atoms with van der Waals surface area (Å²) in [7, 11) is 0. The number of likely N-dealkylation sites (tertiary alicyclic amines) is 1. The Morgan fingerprint density at radius 1 is 1.37 bits per heavy atom. The number of nitrogens with one attached hydrogen (secondary N) is 2. The van der Waals surface area contributed by atoms with Gasteiger partial charge in [0.1, 0.15) is 11.9 Å². The molecule has 7 nitrogen and oxygen atoms in total. The highest BCUT2D eigenvalue weighted by Gasteiger charge is 2.32. The van der Waals surface area contributed by atoms with Crippen molar-refractivity contribution < 1.29 is 14.7 Å². The van der Waals surface area contributed by atoms with E-state index in [4.69, 9.17) is 11.6 Å². The van der Waals surface area contributed by atoms with Gasteiger partial charge in [0, 0.05) is 29.2 Å². The number of allylic oxidation sites excluding steroid dienone is 2. The number of benzene rings is 1. The molecule has 0 bridgehead atoms. The predicted molar refractivity (Wildman–Crippen MR) is 116 cm³/mol. The molecule has 3 atom stereocenters. The number of aliphatic imine (C=N–C) groups is 1. The van der Waals surface area contributed by atoms with Crippen LogP contribution in [0.2, 0.25) is 0 Å². The Bertz CT molecular complexity index is 950. The maximum Gasteiger partial charge on any atom is 0.254 e. The molecule has 1 fully saturated rings. The smallest absolute Gasteiger partial charge is 0.254 e. The van der Waals surface area contributed by atoms with E-state index in [1.165, 1.54) is 0 Å². The lowest BCUT2D eigenvalue weighted by Crippen LogP contribution is -2.49. The number of amides is 2. The zero-order valence-electron chi connectivity index (χ0n) is 16.8. The summed E-state index contributed by atoms with van der Waals surface area (Å²) < 4.78 is 0. The fourth-order valence-electron chi connectivity index (χ4n) is 4.02. The number of amidine groups is 1. The average Bonchev–Trinajstić information content (AvgIpc) is 3.40. The second kappa shape index (κ2) is 8.62. The Kier molecular flexibility index (Phi) is 5.92. The van der Waals surface area contributed by atoms with Crippen LogP contribution in [0.15, 0.2) is 46.5 Å². The molecule has 4 rings (SSSR count). The number of hydrogen-bond acceptors (Lipinski definition) is 5. The van der Waals surface area contributed by atoms with E-state index < -0.39 is 6.04 Å². The molecule has 3 unspecified atom stereocenters. The second-order valence-electron chi connectivity index (χ2n) is 7.82. The Morgan fingerprint density at radius 2 is 2.13 bits per heavy atom. The van der Waals surface area contributed by atoms with Crippen molar-refractivity contribution >= 4 is 29.3 Å². The van der Waals surface area contributed by atoms with E-state index in [-0.39, 0.29) is 30.5 Å². The quantitative estimate of drug-likeness (QED) is 0.666. The summed E-state index contributed by atoms with van der Waals surface area (Å²) in [4.78, 5) is 31.8. The van der Waals surface area contributed by atoms with Crippen molar-refractivity contribution in [3.05, 3.63) is 58.1 Å². The monoisotopic (exact) mass is 428 g/mol. The lowest BCUT2D eigenvalue weighted by atomic mass is 10.0. The maximum atomic E-state index is 12.8. The van der Waals surface area contributed by atoms with E-state index in [9.17, 15) is 14.7 Å². The summed E-state index contributed by atoms with van der Waals surface area (Å²) in [5.41, 5.74) is 1.81. The highest BCUT2D eigenvalue weighted by molar-refractivity contribution is 6.31. The number of halogens is 1. The third-order valence-electron chi connectivity index (χ3n) is 5.69. The third kappa shape index (κ3) is 4.13. The number of rotatable bonds is 5. The molecule has 3 aliphatic rings. The van der Waals surface area contributed by atoms with Gasteiger partial charge in [-0.15, -0.1) is 0 Å². The summed E-state index contributed by atoms with van der Waals surface area (Å²) in [6.45, 7) is 3.11. The van der Waals surface area contributed by atoms with Crippen LogP contribution < -0.4 is 10.6 Å². The molecule has 2 aliphatic heterocycles. The first-order valence-corrected chi connectivity index (χ1v) is 10.6. The fraction of sp³-hybridized carbons (Fsp3) is 0.409. The van der Waals surface area contributed by atoms with Crippen LogP contribution in [0.1, 0.15) is 39.1 Å². The number of aliphatic hydroxyl groups excluding tert-OH is 1. The second-order valence-corrected chi connectivity index (χ2v) is 8.26. The Hall–Kier alpha value is -2.64. The van der Waals surface area contributed by atoms with Crippen molar-refractivity contribution in [2.24, 2.45) is 4.99 Å². The molecule has 8 heteroatoms. The average molecular weight is 429 g/mol. The summed E-state index contributed by atoms with van der Waals surface area (Å²) in [5, 5.41) is 16.5. The molecule has 3 N–H and O–H groups in total. The van der Waals surface area contributed by atoms with Gasteiger partial charge in [-0.25, -0.2) is 0 Å². The molecular formula is C22H25ClN4O3. The minimum atomic E-state index is -0.658. The van der Waals surface area contributed by atoms with Gasteiger partial charge in [0.2, 0.25) is 0 Å². The number of nitrogens with zero attached hydrogens (tertiary/aromatic N) is 2. The van der Waals surface area contributed by atoms with E-state index in [2.05, 4.69) is 15.6 Å².